The predicted molar refractivity (Wildman–Crippen MR) is 133 cm³/mol. The molecule has 1 aliphatic rings. The number of thiazole rings is 1. The van der Waals surface area contributed by atoms with Crippen LogP contribution in [-0.4, -0.2) is 42.7 Å². The maximum absolute atomic E-state index is 12.2. The minimum Gasteiger partial charge on any atom is -0.368 e. The van der Waals surface area contributed by atoms with Crippen LogP contribution in [0.15, 0.2) is 34.6 Å². The first-order valence-corrected chi connectivity index (χ1v) is 11.0. The monoisotopic (exact) mass is 543 g/mol. The van der Waals surface area contributed by atoms with Gasteiger partial charge < -0.3 is 20.7 Å². The van der Waals surface area contributed by atoms with Crippen molar-refractivity contribution in [1.29, 1.82) is 0 Å². The number of nitrogens with zero attached hydrogens (tertiary/aromatic N) is 2. The molecule has 0 radical (unpaired) electrons. The molecule has 0 saturated carbocycles. The average molecular weight is 543 g/mol. The number of carbonyl (C=O) groups is 1. The fraction of sp³-hybridized carbons (Fsp3) is 0.476. The molecule has 1 atom stereocenters. The molecular formula is C21H30IN5O2S. The number of halogens is 1. The fourth-order valence-electron chi connectivity index (χ4n) is 3.10. The smallest absolute Gasteiger partial charge is 0.253 e. The van der Waals surface area contributed by atoms with E-state index in [9.17, 15) is 4.79 Å². The van der Waals surface area contributed by atoms with Crippen LogP contribution in [0.1, 0.15) is 36.0 Å². The Bertz CT molecular complexity index is 836. The van der Waals surface area contributed by atoms with Crippen molar-refractivity contribution < 1.29 is 9.53 Å². The number of hydrogen-bond donors (Lipinski definition) is 3. The summed E-state index contributed by atoms with van der Waals surface area (Å²) in [4.78, 5) is 21.4. The number of benzene rings is 1. The maximum atomic E-state index is 12.2. The van der Waals surface area contributed by atoms with E-state index in [-0.39, 0.29) is 36.0 Å². The van der Waals surface area contributed by atoms with Crippen LogP contribution < -0.4 is 16.0 Å². The Kier molecular flexibility index (Phi) is 10.5. The van der Waals surface area contributed by atoms with Gasteiger partial charge in [-0.1, -0.05) is 12.1 Å². The van der Waals surface area contributed by atoms with Crippen molar-refractivity contribution in [3.8, 4) is 0 Å². The van der Waals surface area contributed by atoms with E-state index >= 15 is 0 Å². The van der Waals surface area contributed by atoms with Crippen LogP contribution in [0.2, 0.25) is 0 Å². The van der Waals surface area contributed by atoms with Gasteiger partial charge in [0, 0.05) is 37.2 Å². The van der Waals surface area contributed by atoms with Crippen molar-refractivity contribution in [1.82, 2.24) is 15.6 Å². The van der Waals surface area contributed by atoms with E-state index in [1.807, 2.05) is 38.1 Å². The third kappa shape index (κ3) is 7.84. The number of aliphatic imine (C=N–C) groups is 1. The minimum absolute atomic E-state index is 0. The van der Waals surface area contributed by atoms with Crippen molar-refractivity contribution in [3.63, 3.8) is 0 Å². The number of carbonyl (C=O) groups excluding carboxylic acids is 1. The Morgan fingerprint density at radius 1 is 1.37 bits per heavy atom. The molecule has 30 heavy (non-hydrogen) atoms. The Morgan fingerprint density at radius 3 is 2.93 bits per heavy atom. The molecule has 0 bridgehead atoms. The molecule has 7 nitrogen and oxygen atoms in total. The van der Waals surface area contributed by atoms with E-state index < -0.39 is 0 Å². The first-order valence-electron chi connectivity index (χ1n) is 10.1. The number of aryl methyl sites for hydroxylation is 1. The molecule has 0 spiro atoms. The van der Waals surface area contributed by atoms with Crippen LogP contribution in [0.5, 0.6) is 0 Å². The van der Waals surface area contributed by atoms with Crippen molar-refractivity contribution >= 4 is 52.9 Å². The third-order valence-corrected chi connectivity index (χ3v) is 5.34. The number of rotatable bonds is 8. The molecule has 0 aliphatic carbocycles. The lowest BCUT2D eigenvalue weighted by atomic mass is 10.2. The minimum atomic E-state index is -0.331. The second-order valence-electron chi connectivity index (χ2n) is 6.92. The predicted octanol–water partition coefficient (Wildman–Crippen LogP) is 3.48. The molecule has 2 heterocycles. The van der Waals surface area contributed by atoms with Crippen LogP contribution in [0.25, 0.3) is 0 Å². The van der Waals surface area contributed by atoms with Crippen LogP contribution in [0.3, 0.4) is 0 Å². The molecular weight excluding hydrogens is 513 g/mol. The average Bonchev–Trinajstić information content (AvgIpc) is 3.38. The maximum Gasteiger partial charge on any atom is 0.253 e. The van der Waals surface area contributed by atoms with Gasteiger partial charge >= 0.3 is 0 Å². The molecule has 3 N–H and O–H groups in total. The van der Waals surface area contributed by atoms with Gasteiger partial charge in [0.2, 0.25) is 0 Å². The second kappa shape index (κ2) is 12.9. The highest BCUT2D eigenvalue weighted by Gasteiger charge is 2.23. The summed E-state index contributed by atoms with van der Waals surface area (Å²) in [6.45, 7) is 6.81. The van der Waals surface area contributed by atoms with Crippen LogP contribution >= 0.6 is 35.3 Å². The standard InChI is InChI=1S/C21H29N5O2S.HI/c1-3-22-21(23-10-9-18-14-29-15(2)25-18)24-13-16-6-4-7-17(12-16)26-20(27)19-8-5-11-28-19;/h4,6-7,12,14,19H,3,5,8-11,13H2,1-2H3,(H,26,27)(H2,22,23,24);1H. The lowest BCUT2D eigenvalue weighted by molar-refractivity contribution is -0.124. The number of anilines is 1. The molecule has 3 rings (SSSR count). The molecule has 1 aromatic carbocycles. The SMILES string of the molecule is CCNC(=NCc1cccc(NC(=O)C2CCCO2)c1)NCCc1csc(C)n1.I. The van der Waals surface area contributed by atoms with E-state index in [2.05, 4.69) is 31.3 Å². The number of nitrogens with one attached hydrogen (secondary N) is 3. The van der Waals surface area contributed by atoms with E-state index in [0.717, 1.165) is 60.3 Å². The fourth-order valence-corrected chi connectivity index (χ4v) is 3.75. The zero-order valence-corrected chi connectivity index (χ0v) is 20.6. The van der Waals surface area contributed by atoms with Crippen molar-refractivity contribution in [2.45, 2.75) is 45.8 Å². The molecule has 1 unspecified atom stereocenters. The number of aromatic nitrogens is 1. The largest absolute Gasteiger partial charge is 0.368 e. The Morgan fingerprint density at radius 2 is 2.23 bits per heavy atom. The van der Waals surface area contributed by atoms with Gasteiger partial charge in [-0.3, -0.25) is 4.79 Å². The highest BCUT2D eigenvalue weighted by atomic mass is 127. The molecule has 1 amide bonds. The molecule has 1 saturated heterocycles. The first-order chi connectivity index (χ1) is 14.1. The van der Waals surface area contributed by atoms with Crippen molar-refractivity contribution in [2.24, 2.45) is 4.99 Å². The van der Waals surface area contributed by atoms with E-state index in [1.54, 1.807) is 11.3 Å². The lowest BCUT2D eigenvalue weighted by Gasteiger charge is -2.12. The van der Waals surface area contributed by atoms with E-state index in [4.69, 9.17) is 4.74 Å². The molecule has 1 aliphatic heterocycles. The molecule has 1 aromatic heterocycles. The van der Waals surface area contributed by atoms with Gasteiger partial charge in [-0.2, -0.15) is 0 Å². The quantitative estimate of drug-likeness (QED) is 0.270. The summed E-state index contributed by atoms with van der Waals surface area (Å²) < 4.78 is 5.44. The van der Waals surface area contributed by atoms with Gasteiger partial charge in [-0.05, 0) is 44.4 Å². The molecule has 2 aromatic rings. The van der Waals surface area contributed by atoms with E-state index in [0.29, 0.717) is 13.2 Å². The normalized spacial score (nSPS) is 16.1. The Labute approximate surface area is 199 Å². The van der Waals surface area contributed by atoms with Crippen molar-refractivity contribution in [2.75, 3.05) is 25.0 Å². The Balaban J connectivity index is 0.00000320. The van der Waals surface area contributed by atoms with Crippen molar-refractivity contribution in [3.05, 3.63) is 45.9 Å². The molecule has 1 fully saturated rings. The number of hydrogen-bond acceptors (Lipinski definition) is 5. The van der Waals surface area contributed by atoms with Gasteiger partial charge in [0.1, 0.15) is 6.10 Å². The summed E-state index contributed by atoms with van der Waals surface area (Å²) in [5.74, 6) is 0.698. The molecule has 164 valence electrons. The Hall–Kier alpha value is -1.72. The summed E-state index contributed by atoms with van der Waals surface area (Å²) in [5, 5.41) is 12.7. The van der Waals surface area contributed by atoms with Gasteiger partial charge in [-0.25, -0.2) is 9.98 Å². The zero-order valence-electron chi connectivity index (χ0n) is 17.4. The van der Waals surface area contributed by atoms with E-state index in [1.165, 1.54) is 0 Å². The topological polar surface area (TPSA) is 87.6 Å². The van der Waals surface area contributed by atoms with Gasteiger partial charge in [0.15, 0.2) is 5.96 Å². The number of amides is 1. The number of guanidine groups is 1. The molecule has 9 heteroatoms. The zero-order chi connectivity index (χ0) is 20.5. The van der Waals surface area contributed by atoms with Gasteiger partial charge in [-0.15, -0.1) is 35.3 Å². The highest BCUT2D eigenvalue weighted by molar-refractivity contribution is 14.0. The first kappa shape index (κ1) is 24.5. The third-order valence-electron chi connectivity index (χ3n) is 4.52. The summed E-state index contributed by atoms with van der Waals surface area (Å²) in [5.41, 5.74) is 2.91. The van der Waals surface area contributed by atoms with Crippen LogP contribution in [0, 0.1) is 6.92 Å². The van der Waals surface area contributed by atoms with Gasteiger partial charge in [0.25, 0.3) is 5.91 Å². The highest BCUT2D eigenvalue weighted by Crippen LogP contribution is 2.16. The van der Waals surface area contributed by atoms with Gasteiger partial charge in [0.05, 0.1) is 17.2 Å². The lowest BCUT2D eigenvalue weighted by Crippen LogP contribution is -2.38. The van der Waals surface area contributed by atoms with Crippen LogP contribution in [0.4, 0.5) is 5.69 Å². The summed E-state index contributed by atoms with van der Waals surface area (Å²) in [6.07, 6.45) is 2.26. The van der Waals surface area contributed by atoms with Crippen LogP contribution in [-0.2, 0) is 22.5 Å². The number of ether oxygens (including phenoxy) is 1. The second-order valence-corrected chi connectivity index (χ2v) is 7.98. The summed E-state index contributed by atoms with van der Waals surface area (Å²) >= 11 is 1.67. The summed E-state index contributed by atoms with van der Waals surface area (Å²) in [6, 6.07) is 7.78. The summed E-state index contributed by atoms with van der Waals surface area (Å²) in [7, 11) is 0.